The Hall–Kier alpha value is -1.23. The van der Waals surface area contributed by atoms with E-state index in [1.807, 2.05) is 0 Å². The Balaban J connectivity index is 2.31. The summed E-state index contributed by atoms with van der Waals surface area (Å²) in [5.41, 5.74) is 1.43. The molecule has 0 atom stereocenters. The number of fused-ring (bicyclic) bond motifs is 1. The normalized spacial score (nSPS) is 16.1. The van der Waals surface area contributed by atoms with Gasteiger partial charge in [-0.1, -0.05) is 11.6 Å². The summed E-state index contributed by atoms with van der Waals surface area (Å²) in [6, 6.07) is 1.44. The zero-order chi connectivity index (χ0) is 12.2. The number of alkyl halides is 2. The minimum atomic E-state index is -2.58. The van der Waals surface area contributed by atoms with Crippen molar-refractivity contribution < 1.29 is 8.78 Å². The monoisotopic (exact) mass is 257 g/mol. The van der Waals surface area contributed by atoms with Gasteiger partial charge in [0.05, 0.1) is 5.69 Å². The molecule has 3 nitrogen and oxygen atoms in total. The lowest BCUT2D eigenvalue weighted by Gasteiger charge is -2.06. The minimum absolute atomic E-state index is 0.133. The molecule has 17 heavy (non-hydrogen) atoms. The van der Waals surface area contributed by atoms with E-state index in [2.05, 4.69) is 10.1 Å². The van der Waals surface area contributed by atoms with E-state index in [-0.39, 0.29) is 5.69 Å². The van der Waals surface area contributed by atoms with Crippen LogP contribution in [0.4, 0.5) is 8.78 Å². The van der Waals surface area contributed by atoms with Gasteiger partial charge in [-0.05, 0) is 25.8 Å². The highest BCUT2D eigenvalue weighted by atomic mass is 35.5. The van der Waals surface area contributed by atoms with Crippen molar-refractivity contribution in [2.45, 2.75) is 32.1 Å². The lowest BCUT2D eigenvalue weighted by molar-refractivity contribution is 0.143. The number of aromatic nitrogens is 3. The third-order valence-electron chi connectivity index (χ3n) is 2.96. The Morgan fingerprint density at radius 2 is 2.18 bits per heavy atom. The highest BCUT2D eigenvalue weighted by molar-refractivity contribution is 6.34. The molecule has 0 saturated heterocycles. The molecule has 2 heterocycles. The fraction of sp³-hybridized carbons (Fsp3) is 0.455. The Morgan fingerprint density at radius 1 is 1.47 bits per heavy atom. The van der Waals surface area contributed by atoms with E-state index in [1.165, 1.54) is 6.07 Å². The van der Waals surface area contributed by atoms with E-state index in [0.717, 1.165) is 17.4 Å². The summed E-state index contributed by atoms with van der Waals surface area (Å²) in [7, 11) is 0. The Morgan fingerprint density at radius 3 is 2.76 bits per heavy atom. The molecule has 0 aromatic carbocycles. The van der Waals surface area contributed by atoms with Gasteiger partial charge in [-0.15, -0.1) is 0 Å². The van der Waals surface area contributed by atoms with E-state index in [9.17, 15) is 8.78 Å². The topological polar surface area (TPSA) is 30.2 Å². The molecule has 0 spiro atoms. The van der Waals surface area contributed by atoms with Crippen LogP contribution >= 0.6 is 11.6 Å². The molecule has 1 saturated carbocycles. The zero-order valence-electron chi connectivity index (χ0n) is 9.12. The van der Waals surface area contributed by atoms with Crippen molar-refractivity contribution in [2.24, 2.45) is 0 Å². The van der Waals surface area contributed by atoms with Crippen molar-refractivity contribution in [3.63, 3.8) is 0 Å². The first-order chi connectivity index (χ1) is 8.08. The number of nitrogens with zero attached hydrogens (tertiary/aromatic N) is 3. The Labute approximate surface area is 101 Å². The van der Waals surface area contributed by atoms with Gasteiger partial charge >= 0.3 is 0 Å². The van der Waals surface area contributed by atoms with Crippen molar-refractivity contribution in [3.8, 4) is 0 Å². The van der Waals surface area contributed by atoms with Crippen molar-refractivity contribution in [1.82, 2.24) is 14.6 Å². The van der Waals surface area contributed by atoms with Crippen LogP contribution < -0.4 is 0 Å². The summed E-state index contributed by atoms with van der Waals surface area (Å²) < 4.78 is 27.1. The van der Waals surface area contributed by atoms with E-state index >= 15 is 0 Å². The fourth-order valence-electron chi connectivity index (χ4n) is 1.88. The smallest absolute Gasteiger partial charge is 0.232 e. The first-order valence-corrected chi connectivity index (χ1v) is 5.79. The lowest BCUT2D eigenvalue weighted by Crippen LogP contribution is -2.03. The number of aryl methyl sites for hydroxylation is 1. The summed E-state index contributed by atoms with van der Waals surface area (Å²) in [6.07, 6.45) is -0.555. The average Bonchev–Trinajstić information content (AvgIpc) is 3.08. The van der Waals surface area contributed by atoms with Crippen LogP contribution in [-0.2, 0) is 0 Å². The predicted octanol–water partition coefficient (Wildman–Crippen LogP) is 3.51. The molecule has 1 aliphatic carbocycles. The third-order valence-corrected chi connectivity index (χ3v) is 3.40. The van der Waals surface area contributed by atoms with Gasteiger partial charge in [-0.2, -0.15) is 5.10 Å². The molecule has 0 N–H and O–H groups in total. The van der Waals surface area contributed by atoms with Gasteiger partial charge in [0.25, 0.3) is 6.43 Å². The average molecular weight is 258 g/mol. The lowest BCUT2D eigenvalue weighted by atomic mass is 10.2. The maximum atomic E-state index is 13.0. The van der Waals surface area contributed by atoms with Crippen LogP contribution in [0.5, 0.6) is 0 Å². The Bertz CT molecular complexity index is 590. The van der Waals surface area contributed by atoms with E-state index in [4.69, 9.17) is 11.6 Å². The predicted molar refractivity (Wildman–Crippen MR) is 59.7 cm³/mol. The molecule has 6 heteroatoms. The van der Waals surface area contributed by atoms with Crippen LogP contribution in [0.1, 0.15) is 42.3 Å². The second-order valence-electron chi connectivity index (χ2n) is 4.32. The van der Waals surface area contributed by atoms with Crippen LogP contribution in [0, 0.1) is 6.92 Å². The van der Waals surface area contributed by atoms with Gasteiger partial charge in [0.2, 0.25) is 0 Å². The molecule has 2 aromatic heterocycles. The Kier molecular flexibility index (Phi) is 2.33. The summed E-state index contributed by atoms with van der Waals surface area (Å²) in [5.74, 6) is 0.309. The van der Waals surface area contributed by atoms with Crippen LogP contribution in [0.3, 0.4) is 0 Å². The van der Waals surface area contributed by atoms with Crippen molar-refractivity contribution in [1.29, 1.82) is 0 Å². The van der Waals surface area contributed by atoms with E-state index < -0.39 is 6.43 Å². The summed E-state index contributed by atoms with van der Waals surface area (Å²) in [5, 5.41) is 4.35. The van der Waals surface area contributed by atoms with Gasteiger partial charge in [0.15, 0.2) is 5.65 Å². The fourth-order valence-corrected chi connectivity index (χ4v) is 2.04. The maximum absolute atomic E-state index is 13.0. The molecule has 0 aliphatic heterocycles. The minimum Gasteiger partial charge on any atom is -0.232 e. The van der Waals surface area contributed by atoms with Crippen LogP contribution in [0.15, 0.2) is 6.07 Å². The number of halogens is 3. The molecule has 0 radical (unpaired) electrons. The number of hydrogen-bond acceptors (Lipinski definition) is 2. The highest BCUT2D eigenvalue weighted by Gasteiger charge is 2.28. The van der Waals surface area contributed by atoms with Gasteiger partial charge in [0.1, 0.15) is 10.7 Å². The quantitative estimate of drug-likeness (QED) is 0.824. The standard InChI is InChI=1S/C11H10ClF2N3/c1-5-9(12)11-15-7(6-2-3-6)4-8(10(13)14)17(11)16-5/h4,6,10H,2-3H2,1H3. The van der Waals surface area contributed by atoms with Crippen LogP contribution in [0.2, 0.25) is 5.02 Å². The molecule has 1 aliphatic rings. The molecule has 0 amide bonds. The molecular weight excluding hydrogens is 248 g/mol. The van der Waals surface area contributed by atoms with Crippen molar-refractivity contribution in [3.05, 3.63) is 28.2 Å². The number of hydrogen-bond donors (Lipinski definition) is 0. The molecule has 0 unspecified atom stereocenters. The summed E-state index contributed by atoms with van der Waals surface area (Å²) in [6.45, 7) is 1.68. The zero-order valence-corrected chi connectivity index (χ0v) is 9.88. The molecular formula is C11H10ClF2N3. The first kappa shape index (κ1) is 10.9. The molecule has 90 valence electrons. The van der Waals surface area contributed by atoms with Crippen LogP contribution in [0.25, 0.3) is 5.65 Å². The highest BCUT2D eigenvalue weighted by Crippen LogP contribution is 2.40. The van der Waals surface area contributed by atoms with Gasteiger partial charge in [0, 0.05) is 11.6 Å². The van der Waals surface area contributed by atoms with E-state index in [0.29, 0.717) is 28.0 Å². The first-order valence-electron chi connectivity index (χ1n) is 5.41. The largest absolute Gasteiger partial charge is 0.280 e. The second kappa shape index (κ2) is 3.63. The van der Waals surface area contributed by atoms with Crippen LogP contribution in [-0.4, -0.2) is 14.6 Å². The summed E-state index contributed by atoms with van der Waals surface area (Å²) >= 11 is 6.02. The van der Waals surface area contributed by atoms with Gasteiger partial charge < -0.3 is 0 Å². The van der Waals surface area contributed by atoms with E-state index in [1.54, 1.807) is 6.92 Å². The number of rotatable bonds is 2. The molecule has 2 aromatic rings. The van der Waals surface area contributed by atoms with Crippen molar-refractivity contribution in [2.75, 3.05) is 0 Å². The second-order valence-corrected chi connectivity index (χ2v) is 4.69. The third kappa shape index (κ3) is 1.69. The SMILES string of the molecule is Cc1nn2c(C(F)F)cc(C3CC3)nc2c1Cl. The summed E-state index contributed by atoms with van der Waals surface area (Å²) in [4.78, 5) is 4.34. The maximum Gasteiger partial charge on any atom is 0.280 e. The van der Waals surface area contributed by atoms with Gasteiger partial charge in [-0.25, -0.2) is 18.3 Å². The molecule has 3 rings (SSSR count). The van der Waals surface area contributed by atoms with Gasteiger partial charge in [-0.3, -0.25) is 0 Å². The van der Waals surface area contributed by atoms with Crippen molar-refractivity contribution >= 4 is 17.2 Å². The molecule has 1 fully saturated rings. The molecule has 0 bridgehead atoms.